The van der Waals surface area contributed by atoms with Crippen molar-refractivity contribution in [1.82, 2.24) is 9.80 Å². The van der Waals surface area contributed by atoms with Gasteiger partial charge in [0.25, 0.3) is 0 Å². The summed E-state index contributed by atoms with van der Waals surface area (Å²) in [6.45, 7) is 18.0. The Kier molecular flexibility index (Phi) is 6.82. The minimum Gasteiger partial charge on any atom is -0.304 e. The average molecular weight is 268 g/mol. The van der Waals surface area contributed by atoms with Gasteiger partial charge in [0.05, 0.1) is 0 Å². The minimum atomic E-state index is 0.654. The molecule has 0 amide bonds. The van der Waals surface area contributed by atoms with E-state index < -0.39 is 0 Å². The molecular formula is C17H36N2. The highest BCUT2D eigenvalue weighted by Crippen LogP contribution is 2.27. The predicted molar refractivity (Wildman–Crippen MR) is 85.5 cm³/mol. The van der Waals surface area contributed by atoms with E-state index in [0.717, 1.165) is 17.8 Å². The molecule has 0 saturated carbocycles. The van der Waals surface area contributed by atoms with E-state index in [9.17, 15) is 0 Å². The molecule has 0 aliphatic carbocycles. The topological polar surface area (TPSA) is 6.48 Å². The first-order valence-corrected chi connectivity index (χ1v) is 8.27. The number of hydrogen-bond donors (Lipinski definition) is 0. The number of hydrogen-bond acceptors (Lipinski definition) is 2. The van der Waals surface area contributed by atoms with Crippen LogP contribution in [0.5, 0.6) is 0 Å². The third-order valence-electron chi connectivity index (χ3n) is 5.37. The van der Waals surface area contributed by atoms with Crippen LogP contribution in [0, 0.1) is 17.8 Å². The molecule has 2 nitrogen and oxygen atoms in total. The summed E-state index contributed by atoms with van der Waals surface area (Å²) in [4.78, 5) is 5.19. The maximum atomic E-state index is 2.72. The molecular weight excluding hydrogens is 232 g/mol. The molecule has 0 spiro atoms. The molecule has 114 valence electrons. The van der Waals surface area contributed by atoms with Gasteiger partial charge in [-0.05, 0) is 71.5 Å². The number of rotatable bonds is 6. The number of piperidine rings is 1. The molecule has 1 heterocycles. The van der Waals surface area contributed by atoms with E-state index in [1.54, 1.807) is 0 Å². The second-order valence-corrected chi connectivity index (χ2v) is 7.37. The van der Waals surface area contributed by atoms with Crippen LogP contribution in [-0.2, 0) is 0 Å². The van der Waals surface area contributed by atoms with Crippen molar-refractivity contribution in [2.45, 2.75) is 66.5 Å². The van der Waals surface area contributed by atoms with Crippen molar-refractivity contribution < 1.29 is 0 Å². The highest BCUT2D eigenvalue weighted by atomic mass is 15.2. The molecule has 0 N–H and O–H groups in total. The molecule has 0 radical (unpaired) electrons. The first-order chi connectivity index (χ1) is 8.82. The molecule has 0 bridgehead atoms. The zero-order valence-electron chi connectivity index (χ0n) is 14.3. The predicted octanol–water partition coefficient (Wildman–Crippen LogP) is 3.72. The van der Waals surface area contributed by atoms with Crippen LogP contribution in [0.3, 0.4) is 0 Å². The van der Waals surface area contributed by atoms with Crippen LogP contribution < -0.4 is 0 Å². The Bertz CT molecular complexity index is 242. The Morgan fingerprint density at radius 3 is 1.95 bits per heavy atom. The van der Waals surface area contributed by atoms with Gasteiger partial charge in [-0.2, -0.15) is 0 Å². The lowest BCUT2D eigenvalue weighted by molar-refractivity contribution is 0.0809. The molecule has 0 aromatic carbocycles. The van der Waals surface area contributed by atoms with Crippen molar-refractivity contribution >= 4 is 0 Å². The van der Waals surface area contributed by atoms with Gasteiger partial charge in [0, 0.05) is 18.6 Å². The molecule has 2 heteroatoms. The fourth-order valence-electron chi connectivity index (χ4n) is 3.17. The Morgan fingerprint density at radius 2 is 1.53 bits per heavy atom. The fraction of sp³-hybridized carbons (Fsp3) is 1.00. The molecule has 0 aromatic heterocycles. The maximum Gasteiger partial charge on any atom is 0.0105 e. The molecule has 0 unspecified atom stereocenters. The van der Waals surface area contributed by atoms with E-state index >= 15 is 0 Å². The minimum absolute atomic E-state index is 0.654. The van der Waals surface area contributed by atoms with Crippen molar-refractivity contribution in [3.63, 3.8) is 0 Å². The second kappa shape index (κ2) is 7.64. The van der Waals surface area contributed by atoms with Crippen molar-refractivity contribution in [3.05, 3.63) is 0 Å². The first-order valence-electron chi connectivity index (χ1n) is 8.27. The van der Waals surface area contributed by atoms with Crippen LogP contribution in [0.15, 0.2) is 0 Å². The van der Waals surface area contributed by atoms with E-state index in [1.165, 1.54) is 32.5 Å². The second-order valence-electron chi connectivity index (χ2n) is 7.37. The van der Waals surface area contributed by atoms with Gasteiger partial charge in [0.2, 0.25) is 0 Å². The zero-order valence-corrected chi connectivity index (χ0v) is 14.3. The maximum absolute atomic E-state index is 2.72. The molecule has 1 aliphatic rings. The molecule has 19 heavy (non-hydrogen) atoms. The Hall–Kier alpha value is -0.0800. The van der Waals surface area contributed by atoms with Gasteiger partial charge >= 0.3 is 0 Å². The molecule has 0 aromatic rings. The van der Waals surface area contributed by atoms with Crippen LogP contribution >= 0.6 is 0 Å². The highest BCUT2D eigenvalue weighted by Gasteiger charge is 2.27. The molecule has 1 saturated heterocycles. The standard InChI is InChI=1S/C17H36N2/c1-13(2)17-8-10-19(11-9-17)16(6)15(5)12-18(7)14(3)4/h13-17H,8-12H2,1-7H3/t15-,16-/m0/s1. The zero-order chi connectivity index (χ0) is 14.6. The van der Waals surface area contributed by atoms with Crippen LogP contribution in [0.1, 0.15) is 54.4 Å². The van der Waals surface area contributed by atoms with E-state index in [2.05, 4.69) is 58.4 Å². The summed E-state index contributed by atoms with van der Waals surface area (Å²) in [6, 6.07) is 1.37. The van der Waals surface area contributed by atoms with Crippen LogP contribution in [0.25, 0.3) is 0 Å². The lowest BCUT2D eigenvalue weighted by atomic mass is 9.85. The molecule has 2 atom stereocenters. The Morgan fingerprint density at radius 1 is 1.00 bits per heavy atom. The molecule has 1 fully saturated rings. The van der Waals surface area contributed by atoms with E-state index in [-0.39, 0.29) is 0 Å². The van der Waals surface area contributed by atoms with Gasteiger partial charge in [0.1, 0.15) is 0 Å². The fourth-order valence-corrected chi connectivity index (χ4v) is 3.17. The average Bonchev–Trinajstić information content (AvgIpc) is 2.37. The largest absolute Gasteiger partial charge is 0.304 e. The first kappa shape index (κ1) is 17.0. The highest BCUT2D eigenvalue weighted by molar-refractivity contribution is 4.81. The molecule has 1 rings (SSSR count). The Labute approximate surface area is 121 Å². The third-order valence-corrected chi connectivity index (χ3v) is 5.37. The van der Waals surface area contributed by atoms with Crippen LogP contribution in [0.4, 0.5) is 0 Å². The van der Waals surface area contributed by atoms with Crippen LogP contribution in [0.2, 0.25) is 0 Å². The van der Waals surface area contributed by atoms with Crippen molar-refractivity contribution in [1.29, 1.82) is 0 Å². The van der Waals surface area contributed by atoms with Gasteiger partial charge in [-0.1, -0.05) is 20.8 Å². The lowest BCUT2D eigenvalue weighted by Crippen LogP contribution is -2.46. The smallest absolute Gasteiger partial charge is 0.0105 e. The van der Waals surface area contributed by atoms with Crippen molar-refractivity contribution in [3.8, 4) is 0 Å². The summed E-state index contributed by atoms with van der Waals surface area (Å²) in [5.74, 6) is 2.57. The van der Waals surface area contributed by atoms with Gasteiger partial charge in [-0.15, -0.1) is 0 Å². The van der Waals surface area contributed by atoms with Gasteiger partial charge < -0.3 is 9.80 Å². The SMILES string of the molecule is CC(C)C1CCN([C@@H](C)[C@@H](C)CN(C)C(C)C)CC1. The van der Waals surface area contributed by atoms with Gasteiger partial charge in [0.15, 0.2) is 0 Å². The molecule has 1 aliphatic heterocycles. The van der Waals surface area contributed by atoms with E-state index in [1.807, 2.05) is 0 Å². The lowest BCUT2D eigenvalue weighted by Gasteiger charge is -2.40. The monoisotopic (exact) mass is 268 g/mol. The summed E-state index contributed by atoms with van der Waals surface area (Å²) in [6.07, 6.45) is 2.80. The van der Waals surface area contributed by atoms with Crippen molar-refractivity contribution in [2.24, 2.45) is 17.8 Å². The van der Waals surface area contributed by atoms with Crippen molar-refractivity contribution in [2.75, 3.05) is 26.7 Å². The Balaban J connectivity index is 2.39. The van der Waals surface area contributed by atoms with Gasteiger partial charge in [-0.25, -0.2) is 0 Å². The van der Waals surface area contributed by atoms with E-state index in [4.69, 9.17) is 0 Å². The summed E-state index contributed by atoms with van der Waals surface area (Å²) in [7, 11) is 2.25. The third kappa shape index (κ3) is 5.07. The summed E-state index contributed by atoms with van der Waals surface area (Å²) in [5, 5.41) is 0. The summed E-state index contributed by atoms with van der Waals surface area (Å²) in [5.41, 5.74) is 0. The number of nitrogens with zero attached hydrogens (tertiary/aromatic N) is 2. The van der Waals surface area contributed by atoms with Crippen LogP contribution in [-0.4, -0.2) is 48.6 Å². The number of likely N-dealkylation sites (tertiary alicyclic amines) is 1. The van der Waals surface area contributed by atoms with E-state index in [0.29, 0.717) is 12.1 Å². The normalized spacial score (nSPS) is 22.4. The van der Waals surface area contributed by atoms with Gasteiger partial charge in [-0.3, -0.25) is 0 Å². The quantitative estimate of drug-likeness (QED) is 0.724. The summed E-state index contributed by atoms with van der Waals surface area (Å²) < 4.78 is 0. The summed E-state index contributed by atoms with van der Waals surface area (Å²) >= 11 is 0.